The van der Waals surface area contributed by atoms with Gasteiger partial charge in [0.05, 0.1) is 0 Å². The summed E-state index contributed by atoms with van der Waals surface area (Å²) in [4.78, 5) is 2.36. The van der Waals surface area contributed by atoms with Crippen LogP contribution in [0, 0.1) is 0 Å². The van der Waals surface area contributed by atoms with Crippen LogP contribution in [0.4, 0.5) is 0 Å². The van der Waals surface area contributed by atoms with Gasteiger partial charge in [0.15, 0.2) is 0 Å². The van der Waals surface area contributed by atoms with Gasteiger partial charge in [0.1, 0.15) is 0 Å². The van der Waals surface area contributed by atoms with Gasteiger partial charge in [0.2, 0.25) is 0 Å². The number of rotatable bonds is 7. The molecule has 0 atom stereocenters. The molecule has 0 aromatic carbocycles. The Morgan fingerprint density at radius 1 is 1.05 bits per heavy atom. The van der Waals surface area contributed by atoms with Crippen LogP contribution in [-0.4, -0.2) is 75.3 Å². The second-order valence-corrected chi connectivity index (χ2v) is 7.38. The second kappa shape index (κ2) is 8.16. The van der Waals surface area contributed by atoms with Crippen LogP contribution in [0.2, 0.25) is 0 Å². The van der Waals surface area contributed by atoms with Gasteiger partial charge in [-0.3, -0.25) is 0 Å². The Hall–Kier alpha value is -0.210. The molecule has 1 aliphatic rings. The number of hydrogen-bond donors (Lipinski definition) is 1. The summed E-state index contributed by atoms with van der Waals surface area (Å²) in [6.07, 6.45) is 4.29. The highest BCUT2D eigenvalue weighted by molar-refractivity contribution is 7.86. The zero-order chi connectivity index (χ0) is 14.3. The van der Waals surface area contributed by atoms with Gasteiger partial charge in [-0.1, -0.05) is 6.42 Å². The molecule has 0 spiro atoms. The summed E-state index contributed by atoms with van der Waals surface area (Å²) in [6.45, 7) is 4.85. The van der Waals surface area contributed by atoms with Gasteiger partial charge in [0, 0.05) is 33.7 Å². The molecule has 0 radical (unpaired) electrons. The molecule has 0 saturated carbocycles. The van der Waals surface area contributed by atoms with Crippen LogP contribution in [0.5, 0.6) is 0 Å². The zero-order valence-corrected chi connectivity index (χ0v) is 13.0. The molecule has 1 saturated heterocycles. The van der Waals surface area contributed by atoms with E-state index in [1.54, 1.807) is 18.4 Å². The first-order valence-electron chi connectivity index (χ1n) is 7.08. The van der Waals surface area contributed by atoms with Crippen molar-refractivity contribution in [1.29, 1.82) is 0 Å². The van der Waals surface area contributed by atoms with Crippen LogP contribution in [0.3, 0.4) is 0 Å². The Balaban J connectivity index is 2.39. The fourth-order valence-corrected chi connectivity index (χ4v) is 3.42. The summed E-state index contributed by atoms with van der Waals surface area (Å²) in [6, 6.07) is 0. The van der Waals surface area contributed by atoms with Crippen LogP contribution in [0.25, 0.3) is 0 Å². The first kappa shape index (κ1) is 16.8. The average molecular weight is 292 g/mol. The predicted molar refractivity (Wildman–Crippen MR) is 78.1 cm³/mol. The number of unbranched alkanes of at least 4 members (excludes halogenated alkanes) is 2. The highest BCUT2D eigenvalue weighted by Gasteiger charge is 2.26. The van der Waals surface area contributed by atoms with E-state index in [1.165, 1.54) is 4.31 Å². The van der Waals surface area contributed by atoms with E-state index in [1.807, 2.05) is 0 Å². The Labute approximate surface area is 117 Å². The summed E-state index contributed by atoms with van der Waals surface area (Å²) in [5, 5.41) is 0. The molecule has 19 heavy (non-hydrogen) atoms. The van der Waals surface area contributed by atoms with Crippen LogP contribution in [-0.2, 0) is 10.2 Å². The van der Waals surface area contributed by atoms with Gasteiger partial charge < -0.3 is 10.6 Å². The fourth-order valence-electron chi connectivity index (χ4n) is 2.29. The lowest BCUT2D eigenvalue weighted by Crippen LogP contribution is -2.42. The first-order chi connectivity index (χ1) is 8.98. The molecule has 114 valence electrons. The lowest BCUT2D eigenvalue weighted by molar-refractivity contribution is 0.278. The van der Waals surface area contributed by atoms with Crippen molar-refractivity contribution >= 4 is 10.2 Å². The van der Waals surface area contributed by atoms with E-state index in [-0.39, 0.29) is 0 Å². The maximum absolute atomic E-state index is 12.1. The summed E-state index contributed by atoms with van der Waals surface area (Å²) in [5.41, 5.74) is 5.48. The average Bonchev–Trinajstić information content (AvgIpc) is 2.60. The van der Waals surface area contributed by atoms with Crippen LogP contribution >= 0.6 is 0 Å². The number of nitrogens with zero attached hydrogens (tertiary/aromatic N) is 3. The normalized spacial score (nSPS) is 19.8. The van der Waals surface area contributed by atoms with Gasteiger partial charge in [-0.25, -0.2) is 0 Å². The molecule has 0 unspecified atom stereocenters. The fraction of sp³-hybridized carbons (Fsp3) is 1.00. The third-order valence-electron chi connectivity index (χ3n) is 3.51. The molecule has 2 N–H and O–H groups in total. The second-order valence-electron chi connectivity index (χ2n) is 5.23. The Bertz CT molecular complexity index is 346. The van der Waals surface area contributed by atoms with Crippen molar-refractivity contribution in [3.8, 4) is 0 Å². The third-order valence-corrected chi connectivity index (χ3v) is 5.45. The van der Waals surface area contributed by atoms with Crippen molar-refractivity contribution in [2.24, 2.45) is 5.73 Å². The molecular weight excluding hydrogens is 264 g/mol. The first-order valence-corrected chi connectivity index (χ1v) is 8.48. The van der Waals surface area contributed by atoms with E-state index >= 15 is 0 Å². The molecule has 7 heteroatoms. The van der Waals surface area contributed by atoms with Crippen molar-refractivity contribution < 1.29 is 8.42 Å². The molecule has 0 aromatic heterocycles. The minimum absolute atomic E-state index is 0.595. The van der Waals surface area contributed by atoms with Crippen molar-refractivity contribution in [3.63, 3.8) is 0 Å². The van der Waals surface area contributed by atoms with Gasteiger partial charge in [-0.2, -0.15) is 17.0 Å². The molecule has 0 bridgehead atoms. The Morgan fingerprint density at radius 2 is 1.79 bits per heavy atom. The van der Waals surface area contributed by atoms with Gasteiger partial charge in [0.25, 0.3) is 10.2 Å². The smallest absolute Gasteiger partial charge is 0.281 e. The van der Waals surface area contributed by atoms with E-state index in [9.17, 15) is 8.42 Å². The van der Waals surface area contributed by atoms with E-state index in [4.69, 9.17) is 5.73 Å². The van der Waals surface area contributed by atoms with E-state index < -0.39 is 10.2 Å². The van der Waals surface area contributed by atoms with E-state index in [0.717, 1.165) is 51.9 Å². The molecule has 1 aliphatic heterocycles. The molecule has 0 aromatic rings. The summed E-state index contributed by atoms with van der Waals surface area (Å²) >= 11 is 0. The maximum Gasteiger partial charge on any atom is 0.281 e. The highest BCUT2D eigenvalue weighted by atomic mass is 32.2. The molecule has 1 heterocycles. The van der Waals surface area contributed by atoms with E-state index in [2.05, 4.69) is 4.90 Å². The van der Waals surface area contributed by atoms with Crippen LogP contribution < -0.4 is 5.73 Å². The van der Waals surface area contributed by atoms with E-state index in [0.29, 0.717) is 13.1 Å². The lowest BCUT2D eigenvalue weighted by Gasteiger charge is -2.24. The molecule has 1 rings (SSSR count). The molecule has 0 aliphatic carbocycles. The summed E-state index contributed by atoms with van der Waals surface area (Å²) < 4.78 is 27.0. The van der Waals surface area contributed by atoms with Crippen LogP contribution in [0.15, 0.2) is 0 Å². The molecular formula is C12H28N4O2S. The zero-order valence-electron chi connectivity index (χ0n) is 12.2. The maximum atomic E-state index is 12.1. The largest absolute Gasteiger partial charge is 0.330 e. The molecule has 1 fully saturated rings. The van der Waals surface area contributed by atoms with Crippen LogP contribution in [0.1, 0.15) is 25.7 Å². The molecule has 6 nitrogen and oxygen atoms in total. The highest BCUT2D eigenvalue weighted by Crippen LogP contribution is 2.10. The van der Waals surface area contributed by atoms with Gasteiger partial charge >= 0.3 is 0 Å². The third kappa shape index (κ3) is 5.35. The molecule has 0 amide bonds. The van der Waals surface area contributed by atoms with Crippen molar-refractivity contribution in [2.75, 3.05) is 53.4 Å². The van der Waals surface area contributed by atoms with Crippen molar-refractivity contribution in [1.82, 2.24) is 13.5 Å². The Kier molecular flexibility index (Phi) is 7.23. The van der Waals surface area contributed by atoms with Gasteiger partial charge in [-0.15, -0.1) is 0 Å². The monoisotopic (exact) mass is 292 g/mol. The van der Waals surface area contributed by atoms with Crippen molar-refractivity contribution in [2.45, 2.75) is 25.7 Å². The standard InChI is InChI=1S/C12H28N4O2S/c1-14(2)19(17,18)16-10-6-9-15(11-12-16)8-5-3-4-7-13/h3-13H2,1-2H3. The summed E-state index contributed by atoms with van der Waals surface area (Å²) in [7, 11) is -0.0761. The predicted octanol–water partition coefficient (Wildman–Crippen LogP) is -0.0705. The number of hydrogen-bond acceptors (Lipinski definition) is 4. The lowest BCUT2D eigenvalue weighted by atomic mass is 10.2. The van der Waals surface area contributed by atoms with Crippen molar-refractivity contribution in [3.05, 3.63) is 0 Å². The van der Waals surface area contributed by atoms with Gasteiger partial charge in [-0.05, 0) is 38.9 Å². The minimum atomic E-state index is -3.25. The summed E-state index contributed by atoms with van der Waals surface area (Å²) in [5.74, 6) is 0. The minimum Gasteiger partial charge on any atom is -0.330 e. The quantitative estimate of drug-likeness (QED) is 0.667. The topological polar surface area (TPSA) is 69.9 Å². The Morgan fingerprint density at radius 3 is 2.42 bits per heavy atom. The number of nitrogens with two attached hydrogens (primary N) is 1. The SMILES string of the molecule is CN(C)S(=O)(=O)N1CCCN(CCCCCN)CC1.